The van der Waals surface area contributed by atoms with E-state index in [1.807, 2.05) is 18.2 Å². The van der Waals surface area contributed by atoms with Crippen LogP contribution in [0.15, 0.2) is 66.9 Å². The molecule has 4 rings (SSSR count). The quantitative estimate of drug-likeness (QED) is 0.515. The lowest BCUT2D eigenvalue weighted by atomic mass is 10.1. The van der Waals surface area contributed by atoms with E-state index in [0.717, 1.165) is 11.1 Å². The third-order valence-electron chi connectivity index (χ3n) is 5.24. The molecule has 2 N–H and O–H groups in total. The van der Waals surface area contributed by atoms with Gasteiger partial charge in [-0.05, 0) is 41.5 Å². The van der Waals surface area contributed by atoms with E-state index >= 15 is 0 Å². The van der Waals surface area contributed by atoms with Crippen LogP contribution in [0.2, 0.25) is 0 Å². The number of hydrogen-bond acceptors (Lipinski definition) is 6. The summed E-state index contributed by atoms with van der Waals surface area (Å²) in [5.74, 6) is 1.49. The first-order valence-electron chi connectivity index (χ1n) is 10.2. The second-order valence-corrected chi connectivity index (χ2v) is 7.34. The molecule has 1 aliphatic rings. The van der Waals surface area contributed by atoms with Gasteiger partial charge in [0.2, 0.25) is 12.3 Å². The van der Waals surface area contributed by atoms with Gasteiger partial charge in [0, 0.05) is 30.9 Å². The van der Waals surface area contributed by atoms with Gasteiger partial charge in [-0.3, -0.25) is 14.9 Å². The molecule has 0 aliphatic carbocycles. The molecule has 2 heterocycles. The average molecular weight is 446 g/mol. The molecular formula is C24H22N4O5. The molecule has 0 saturated heterocycles. The number of urea groups is 1. The number of imide groups is 1. The van der Waals surface area contributed by atoms with E-state index in [9.17, 15) is 14.4 Å². The van der Waals surface area contributed by atoms with Crippen LogP contribution in [0.5, 0.6) is 17.4 Å². The lowest BCUT2D eigenvalue weighted by Crippen LogP contribution is -2.42. The molecule has 4 amide bonds. The zero-order valence-electron chi connectivity index (χ0n) is 17.9. The van der Waals surface area contributed by atoms with Crippen LogP contribution in [0.25, 0.3) is 0 Å². The van der Waals surface area contributed by atoms with Crippen molar-refractivity contribution in [2.75, 3.05) is 13.7 Å². The van der Waals surface area contributed by atoms with E-state index in [2.05, 4.69) is 15.6 Å². The third kappa shape index (κ3) is 5.09. The maximum atomic E-state index is 13.0. The second kappa shape index (κ2) is 9.82. The summed E-state index contributed by atoms with van der Waals surface area (Å²) in [5.41, 5.74) is 2.20. The van der Waals surface area contributed by atoms with Crippen LogP contribution >= 0.6 is 0 Å². The number of ether oxygens (including phenoxy) is 2. The van der Waals surface area contributed by atoms with E-state index in [1.54, 1.807) is 60.7 Å². The van der Waals surface area contributed by atoms with Crippen molar-refractivity contribution in [3.63, 3.8) is 0 Å². The van der Waals surface area contributed by atoms with Crippen LogP contribution in [-0.2, 0) is 11.3 Å². The summed E-state index contributed by atoms with van der Waals surface area (Å²) in [7, 11) is 1.55. The molecule has 9 nitrogen and oxygen atoms in total. The van der Waals surface area contributed by atoms with Gasteiger partial charge < -0.3 is 19.7 Å². The Morgan fingerprint density at radius 2 is 1.94 bits per heavy atom. The minimum absolute atomic E-state index is 0.151. The Hall–Kier alpha value is -4.40. The van der Waals surface area contributed by atoms with E-state index < -0.39 is 12.1 Å². The van der Waals surface area contributed by atoms with Gasteiger partial charge in [-0.15, -0.1) is 0 Å². The molecule has 1 aliphatic heterocycles. The minimum Gasteiger partial charge on any atom is -0.497 e. The lowest BCUT2D eigenvalue weighted by Gasteiger charge is -2.25. The van der Waals surface area contributed by atoms with Crippen LogP contribution in [-0.4, -0.2) is 41.9 Å². The molecule has 33 heavy (non-hydrogen) atoms. The minimum atomic E-state index is -0.658. The fraction of sp³-hybridized carbons (Fsp3) is 0.167. The Morgan fingerprint density at radius 3 is 2.64 bits per heavy atom. The van der Waals surface area contributed by atoms with Crippen LogP contribution < -0.4 is 20.1 Å². The maximum absolute atomic E-state index is 13.0. The highest BCUT2D eigenvalue weighted by Gasteiger charge is 2.30. The SMILES string of the molecule is COc1ccc2c(c1)C(=O)N(C[C@H](NC(=O)NC=O)c1ccc(Oc3ccccn3)cc1)C2. The molecule has 1 atom stereocenters. The van der Waals surface area contributed by atoms with Crippen molar-refractivity contribution in [3.05, 3.63) is 83.6 Å². The normalized spacial score (nSPS) is 13.1. The number of carbonyl (C=O) groups excluding carboxylic acids is 3. The molecule has 3 aromatic rings. The van der Waals surface area contributed by atoms with E-state index in [0.29, 0.717) is 35.9 Å². The smallest absolute Gasteiger partial charge is 0.321 e. The molecule has 9 heteroatoms. The van der Waals surface area contributed by atoms with Crippen molar-refractivity contribution in [3.8, 4) is 17.4 Å². The topological polar surface area (TPSA) is 110 Å². The first-order valence-corrected chi connectivity index (χ1v) is 10.2. The zero-order chi connectivity index (χ0) is 23.2. The fourth-order valence-corrected chi connectivity index (χ4v) is 3.62. The number of aromatic nitrogens is 1. The molecule has 0 fully saturated rings. The molecule has 0 bridgehead atoms. The second-order valence-electron chi connectivity index (χ2n) is 7.34. The standard InChI is InChI=1S/C24H22N4O5/c1-32-19-10-7-17-13-28(23(30)20(17)12-19)14-21(27-24(31)26-15-29)16-5-8-18(9-6-16)33-22-4-2-3-11-25-22/h2-12,15,21H,13-14H2,1H3,(H2,26,27,29,31)/t21-/m0/s1. The number of amides is 4. The van der Waals surface area contributed by atoms with Crippen molar-refractivity contribution in [1.29, 1.82) is 0 Å². The third-order valence-corrected chi connectivity index (χ3v) is 5.24. The molecule has 0 saturated carbocycles. The van der Waals surface area contributed by atoms with Crippen molar-refractivity contribution >= 4 is 18.3 Å². The maximum Gasteiger partial charge on any atom is 0.321 e. The molecule has 0 unspecified atom stereocenters. The highest BCUT2D eigenvalue weighted by molar-refractivity contribution is 5.98. The van der Waals surface area contributed by atoms with Crippen LogP contribution in [0.3, 0.4) is 0 Å². The number of benzene rings is 2. The van der Waals surface area contributed by atoms with Crippen molar-refractivity contribution in [2.24, 2.45) is 0 Å². The predicted molar refractivity (Wildman–Crippen MR) is 119 cm³/mol. The highest BCUT2D eigenvalue weighted by Crippen LogP contribution is 2.29. The Kier molecular flexibility index (Phi) is 6.49. The van der Waals surface area contributed by atoms with Crippen molar-refractivity contribution in [1.82, 2.24) is 20.5 Å². The number of nitrogens with zero attached hydrogens (tertiary/aromatic N) is 2. The van der Waals surface area contributed by atoms with E-state index in [-0.39, 0.29) is 12.5 Å². The van der Waals surface area contributed by atoms with Crippen molar-refractivity contribution in [2.45, 2.75) is 12.6 Å². The predicted octanol–water partition coefficient (Wildman–Crippen LogP) is 3.04. The molecule has 168 valence electrons. The largest absolute Gasteiger partial charge is 0.497 e. The van der Waals surface area contributed by atoms with Crippen molar-refractivity contribution < 1.29 is 23.9 Å². The molecule has 0 spiro atoms. The monoisotopic (exact) mass is 446 g/mol. The van der Waals surface area contributed by atoms with Gasteiger partial charge in [0.15, 0.2) is 0 Å². The number of fused-ring (bicyclic) bond motifs is 1. The number of rotatable bonds is 8. The summed E-state index contributed by atoms with van der Waals surface area (Å²) in [6.07, 6.45) is 1.94. The molecular weight excluding hydrogens is 424 g/mol. The van der Waals surface area contributed by atoms with Crippen LogP contribution in [0.1, 0.15) is 27.5 Å². The van der Waals surface area contributed by atoms with Gasteiger partial charge in [0.25, 0.3) is 5.91 Å². The Balaban J connectivity index is 1.52. The number of nitrogens with one attached hydrogen (secondary N) is 2. The highest BCUT2D eigenvalue weighted by atomic mass is 16.5. The first kappa shape index (κ1) is 21.8. The van der Waals surface area contributed by atoms with Gasteiger partial charge in [0.05, 0.1) is 13.2 Å². The summed E-state index contributed by atoms with van der Waals surface area (Å²) >= 11 is 0. The Morgan fingerprint density at radius 1 is 1.15 bits per heavy atom. The summed E-state index contributed by atoms with van der Waals surface area (Å²) in [4.78, 5) is 41.5. The fourth-order valence-electron chi connectivity index (χ4n) is 3.62. The van der Waals surface area contributed by atoms with Crippen LogP contribution in [0.4, 0.5) is 4.79 Å². The van der Waals surface area contributed by atoms with Gasteiger partial charge in [-0.1, -0.05) is 24.3 Å². The first-order chi connectivity index (χ1) is 16.1. The zero-order valence-corrected chi connectivity index (χ0v) is 17.9. The molecule has 1 aromatic heterocycles. The summed E-state index contributed by atoms with van der Waals surface area (Å²) in [6.45, 7) is 0.620. The number of hydrogen-bond donors (Lipinski definition) is 2. The summed E-state index contributed by atoms with van der Waals surface area (Å²) in [5, 5.41) is 4.82. The Labute approximate surface area is 190 Å². The number of carbonyl (C=O) groups is 3. The summed E-state index contributed by atoms with van der Waals surface area (Å²) < 4.78 is 10.9. The van der Waals surface area contributed by atoms with E-state index in [4.69, 9.17) is 9.47 Å². The number of pyridine rings is 1. The number of methoxy groups -OCH3 is 1. The van der Waals surface area contributed by atoms with Gasteiger partial charge in [-0.25, -0.2) is 9.78 Å². The van der Waals surface area contributed by atoms with E-state index in [1.165, 1.54) is 0 Å². The summed E-state index contributed by atoms with van der Waals surface area (Å²) in [6, 6.07) is 16.6. The average Bonchev–Trinajstić information content (AvgIpc) is 3.14. The van der Waals surface area contributed by atoms with Crippen LogP contribution in [0, 0.1) is 0 Å². The van der Waals surface area contributed by atoms with Gasteiger partial charge >= 0.3 is 6.03 Å². The van der Waals surface area contributed by atoms with Gasteiger partial charge in [-0.2, -0.15) is 0 Å². The Bertz CT molecular complexity index is 1150. The molecule has 2 aromatic carbocycles. The lowest BCUT2D eigenvalue weighted by molar-refractivity contribution is -0.108. The molecule has 0 radical (unpaired) electrons. The van der Waals surface area contributed by atoms with Gasteiger partial charge in [0.1, 0.15) is 11.5 Å².